The van der Waals surface area contributed by atoms with E-state index in [4.69, 9.17) is 16.3 Å². The smallest absolute Gasteiger partial charge is 0.0686 e. The van der Waals surface area contributed by atoms with E-state index < -0.39 is 0 Å². The van der Waals surface area contributed by atoms with E-state index >= 15 is 0 Å². The van der Waals surface area contributed by atoms with Crippen molar-refractivity contribution < 1.29 is 9.84 Å². The van der Waals surface area contributed by atoms with E-state index in [9.17, 15) is 5.11 Å². The van der Waals surface area contributed by atoms with Gasteiger partial charge >= 0.3 is 0 Å². The van der Waals surface area contributed by atoms with Crippen molar-refractivity contribution in [3.63, 3.8) is 0 Å². The lowest BCUT2D eigenvalue weighted by Gasteiger charge is -2.24. The van der Waals surface area contributed by atoms with Crippen LogP contribution in [-0.2, 0) is 11.3 Å². The molecule has 19 heavy (non-hydrogen) atoms. The van der Waals surface area contributed by atoms with Crippen LogP contribution in [0.3, 0.4) is 0 Å². The summed E-state index contributed by atoms with van der Waals surface area (Å²) in [7, 11) is 3.65. The van der Waals surface area contributed by atoms with Gasteiger partial charge in [0.05, 0.1) is 12.7 Å². The fourth-order valence-corrected chi connectivity index (χ4v) is 2.15. The van der Waals surface area contributed by atoms with E-state index in [0.29, 0.717) is 13.2 Å². The van der Waals surface area contributed by atoms with Gasteiger partial charge < -0.3 is 20.1 Å². The van der Waals surface area contributed by atoms with Gasteiger partial charge in [0.15, 0.2) is 0 Å². The molecule has 0 heterocycles. The lowest BCUT2D eigenvalue weighted by Crippen LogP contribution is -2.28. The van der Waals surface area contributed by atoms with Crippen LogP contribution in [-0.4, -0.2) is 45.1 Å². The summed E-state index contributed by atoms with van der Waals surface area (Å²) in [6.07, 6.45) is -0.366. The first kappa shape index (κ1) is 16.2. The van der Waals surface area contributed by atoms with E-state index in [-0.39, 0.29) is 6.10 Å². The molecule has 0 fully saturated rings. The molecule has 1 aromatic rings. The highest BCUT2D eigenvalue weighted by Crippen LogP contribution is 2.23. The summed E-state index contributed by atoms with van der Waals surface area (Å²) in [5.41, 5.74) is 2.20. The van der Waals surface area contributed by atoms with Gasteiger partial charge in [0.2, 0.25) is 0 Å². The predicted molar refractivity (Wildman–Crippen MR) is 80.0 cm³/mol. The summed E-state index contributed by atoms with van der Waals surface area (Å²) in [6, 6.07) is 5.81. The molecule has 0 spiro atoms. The number of nitrogens with one attached hydrogen (secondary N) is 1. The Labute approximate surface area is 120 Å². The minimum absolute atomic E-state index is 0.366. The lowest BCUT2D eigenvalue weighted by molar-refractivity contribution is 0.199. The molecule has 1 atom stereocenters. The Morgan fingerprint density at radius 3 is 2.84 bits per heavy atom. The van der Waals surface area contributed by atoms with Crippen molar-refractivity contribution in [3.8, 4) is 0 Å². The zero-order valence-corrected chi connectivity index (χ0v) is 12.6. The number of likely N-dealkylation sites (N-methyl/N-ethyl adjacent to an activating group) is 1. The summed E-state index contributed by atoms with van der Waals surface area (Å²) < 4.78 is 5.00. The van der Waals surface area contributed by atoms with Crippen LogP contribution in [0.5, 0.6) is 0 Å². The minimum atomic E-state index is -0.366. The topological polar surface area (TPSA) is 44.7 Å². The SMILES string of the molecule is COCCNCc1cc(Cl)ccc1N(C)CC(C)O. The van der Waals surface area contributed by atoms with Gasteiger partial charge in [0.1, 0.15) is 0 Å². The van der Waals surface area contributed by atoms with Gasteiger partial charge in [-0.2, -0.15) is 0 Å². The third kappa shape index (κ3) is 5.78. The van der Waals surface area contributed by atoms with Crippen molar-refractivity contribution in [1.82, 2.24) is 5.32 Å². The third-order valence-electron chi connectivity index (χ3n) is 2.79. The maximum absolute atomic E-state index is 9.48. The molecule has 0 radical (unpaired) electrons. The number of nitrogens with zero attached hydrogens (tertiary/aromatic N) is 1. The highest BCUT2D eigenvalue weighted by molar-refractivity contribution is 6.30. The largest absolute Gasteiger partial charge is 0.392 e. The maximum Gasteiger partial charge on any atom is 0.0686 e. The van der Waals surface area contributed by atoms with Gasteiger partial charge in [-0.25, -0.2) is 0 Å². The number of halogens is 1. The Bertz CT molecular complexity index is 386. The Morgan fingerprint density at radius 2 is 2.21 bits per heavy atom. The number of aliphatic hydroxyl groups is 1. The minimum Gasteiger partial charge on any atom is -0.392 e. The van der Waals surface area contributed by atoms with Gasteiger partial charge in [0.25, 0.3) is 0 Å². The standard InChI is InChI=1S/C14H23ClN2O2/c1-11(18)10-17(2)14-5-4-13(15)8-12(14)9-16-6-7-19-3/h4-5,8,11,16,18H,6-7,9-10H2,1-3H3. The third-order valence-corrected chi connectivity index (χ3v) is 3.02. The highest BCUT2D eigenvalue weighted by atomic mass is 35.5. The van der Waals surface area contributed by atoms with Gasteiger partial charge in [-0.05, 0) is 30.7 Å². The van der Waals surface area contributed by atoms with Crippen LogP contribution in [0.4, 0.5) is 5.69 Å². The second kappa shape index (κ2) is 8.38. The molecule has 2 N–H and O–H groups in total. The maximum atomic E-state index is 9.48. The van der Waals surface area contributed by atoms with Crippen molar-refractivity contribution in [2.45, 2.75) is 19.6 Å². The van der Waals surface area contributed by atoms with Crippen LogP contribution in [0.1, 0.15) is 12.5 Å². The van der Waals surface area contributed by atoms with Crippen molar-refractivity contribution in [2.75, 3.05) is 38.8 Å². The molecule has 0 saturated carbocycles. The molecule has 0 amide bonds. The Morgan fingerprint density at radius 1 is 1.47 bits per heavy atom. The molecule has 1 aromatic carbocycles. The number of ether oxygens (including phenoxy) is 1. The Kier molecular flexibility index (Phi) is 7.16. The first-order chi connectivity index (χ1) is 9.04. The number of benzene rings is 1. The van der Waals surface area contributed by atoms with Crippen LogP contribution in [0.15, 0.2) is 18.2 Å². The molecule has 108 valence electrons. The molecule has 0 bridgehead atoms. The van der Waals surface area contributed by atoms with E-state index in [1.807, 2.05) is 30.1 Å². The first-order valence-corrected chi connectivity index (χ1v) is 6.79. The second-order valence-corrected chi connectivity index (χ2v) is 5.11. The lowest BCUT2D eigenvalue weighted by atomic mass is 10.1. The molecule has 4 nitrogen and oxygen atoms in total. The summed E-state index contributed by atoms with van der Waals surface area (Å²) >= 11 is 6.05. The van der Waals surface area contributed by atoms with E-state index in [2.05, 4.69) is 5.32 Å². The normalized spacial score (nSPS) is 12.5. The van der Waals surface area contributed by atoms with Gasteiger partial charge in [-0.1, -0.05) is 11.6 Å². The molecule has 1 rings (SSSR count). The van der Waals surface area contributed by atoms with Crippen molar-refractivity contribution in [3.05, 3.63) is 28.8 Å². The average Bonchev–Trinajstić information content (AvgIpc) is 2.34. The molecular weight excluding hydrogens is 264 g/mol. The van der Waals surface area contributed by atoms with Crippen molar-refractivity contribution in [1.29, 1.82) is 0 Å². The second-order valence-electron chi connectivity index (χ2n) is 4.67. The van der Waals surface area contributed by atoms with Crippen LogP contribution in [0, 0.1) is 0 Å². The summed E-state index contributed by atoms with van der Waals surface area (Å²) in [4.78, 5) is 2.04. The predicted octanol–water partition coefficient (Wildman–Crippen LogP) is 1.89. The number of methoxy groups -OCH3 is 1. The molecule has 0 aliphatic carbocycles. The highest BCUT2D eigenvalue weighted by Gasteiger charge is 2.10. The number of hydrogen-bond donors (Lipinski definition) is 2. The van der Waals surface area contributed by atoms with Crippen LogP contribution in [0.25, 0.3) is 0 Å². The Balaban J connectivity index is 2.73. The average molecular weight is 287 g/mol. The zero-order chi connectivity index (χ0) is 14.3. The number of anilines is 1. The van der Waals surface area contributed by atoms with Crippen LogP contribution in [0.2, 0.25) is 5.02 Å². The fourth-order valence-electron chi connectivity index (χ4n) is 1.96. The van der Waals surface area contributed by atoms with Crippen LogP contribution < -0.4 is 10.2 Å². The molecular formula is C14H23ClN2O2. The van der Waals surface area contributed by atoms with Gasteiger partial charge in [0, 0.05) is 44.5 Å². The van der Waals surface area contributed by atoms with E-state index in [0.717, 1.165) is 29.4 Å². The van der Waals surface area contributed by atoms with Gasteiger partial charge in [-0.3, -0.25) is 0 Å². The molecule has 0 aliphatic heterocycles. The molecule has 1 unspecified atom stereocenters. The quantitative estimate of drug-likeness (QED) is 0.717. The molecule has 5 heteroatoms. The van der Waals surface area contributed by atoms with Gasteiger partial charge in [-0.15, -0.1) is 0 Å². The monoisotopic (exact) mass is 286 g/mol. The molecule has 0 saturated heterocycles. The first-order valence-electron chi connectivity index (χ1n) is 6.42. The number of aliphatic hydroxyl groups excluding tert-OH is 1. The zero-order valence-electron chi connectivity index (χ0n) is 11.8. The summed E-state index contributed by atoms with van der Waals surface area (Å²) in [5.74, 6) is 0. The summed E-state index contributed by atoms with van der Waals surface area (Å²) in [6.45, 7) is 4.57. The van der Waals surface area contributed by atoms with E-state index in [1.165, 1.54) is 0 Å². The van der Waals surface area contributed by atoms with Crippen molar-refractivity contribution in [2.24, 2.45) is 0 Å². The number of hydrogen-bond acceptors (Lipinski definition) is 4. The van der Waals surface area contributed by atoms with Crippen molar-refractivity contribution >= 4 is 17.3 Å². The molecule has 0 aliphatic rings. The fraction of sp³-hybridized carbons (Fsp3) is 0.571. The number of rotatable bonds is 8. The van der Waals surface area contributed by atoms with E-state index in [1.54, 1.807) is 14.0 Å². The Hall–Kier alpha value is -0.810. The van der Waals surface area contributed by atoms with Crippen LogP contribution >= 0.6 is 11.6 Å². The summed E-state index contributed by atoms with van der Waals surface area (Å²) in [5, 5.41) is 13.5. The molecule has 0 aromatic heterocycles.